The van der Waals surface area contributed by atoms with Crippen molar-refractivity contribution in [3.8, 4) is 5.88 Å². The molecule has 1 unspecified atom stereocenters. The molecule has 5 N–H and O–H groups in total. The van der Waals surface area contributed by atoms with E-state index in [1.807, 2.05) is 0 Å². The molecule has 1 aromatic rings. The Hall–Kier alpha value is -1.52. The predicted octanol–water partition coefficient (Wildman–Crippen LogP) is -1.81. The van der Waals surface area contributed by atoms with Crippen LogP contribution in [0, 0.1) is 0 Å². The van der Waals surface area contributed by atoms with Crippen molar-refractivity contribution in [1.82, 2.24) is 9.78 Å². The Kier molecular flexibility index (Phi) is 1.99. The fourth-order valence-electron chi connectivity index (χ4n) is 1.13. The highest BCUT2D eigenvalue weighted by Crippen LogP contribution is 2.35. The monoisotopic (exact) mass is 236 g/mol. The lowest BCUT2D eigenvalue weighted by atomic mass is 10.5. The van der Waals surface area contributed by atoms with Crippen molar-refractivity contribution in [2.45, 2.75) is 6.23 Å². The van der Waals surface area contributed by atoms with Gasteiger partial charge in [-0.15, -0.1) is 5.10 Å². The summed E-state index contributed by atoms with van der Waals surface area (Å²) in [4.78, 5) is 0. The highest BCUT2D eigenvalue weighted by Gasteiger charge is 2.35. The van der Waals surface area contributed by atoms with E-state index < -0.39 is 23.2 Å². The number of aromatic nitrogens is 2. The van der Waals surface area contributed by atoms with E-state index in [9.17, 15) is 8.42 Å². The maximum atomic E-state index is 11.1. The second-order valence-electron chi connectivity index (χ2n) is 2.77. The molecule has 1 atom stereocenters. The summed E-state index contributed by atoms with van der Waals surface area (Å²) in [5.74, 6) is -0.345. The van der Waals surface area contributed by atoms with Gasteiger partial charge in [-0.05, 0) is 0 Å². The molecular formula is C5H8N4O5S. The summed E-state index contributed by atoms with van der Waals surface area (Å²) in [6.45, 7) is -0.601. The van der Waals surface area contributed by atoms with Crippen molar-refractivity contribution < 1.29 is 21.9 Å². The number of anilines is 2. The molecule has 1 aliphatic rings. The lowest BCUT2D eigenvalue weighted by Gasteiger charge is -2.21. The SMILES string of the molecule is Nc1nn2c(c1N)OS(=O)(=O)OC2CO. The summed E-state index contributed by atoms with van der Waals surface area (Å²) < 4.78 is 31.9. The molecule has 0 saturated carbocycles. The van der Waals surface area contributed by atoms with Crippen molar-refractivity contribution in [2.75, 3.05) is 18.1 Å². The zero-order valence-corrected chi connectivity index (χ0v) is 8.14. The van der Waals surface area contributed by atoms with Gasteiger partial charge in [0.1, 0.15) is 5.69 Å². The van der Waals surface area contributed by atoms with E-state index in [4.69, 9.17) is 16.6 Å². The lowest BCUT2D eigenvalue weighted by Crippen LogP contribution is -2.30. The van der Waals surface area contributed by atoms with E-state index in [1.165, 1.54) is 0 Å². The van der Waals surface area contributed by atoms with Crippen molar-refractivity contribution in [1.29, 1.82) is 0 Å². The molecule has 0 saturated heterocycles. The number of aliphatic hydroxyl groups is 1. The second-order valence-corrected chi connectivity index (χ2v) is 3.95. The van der Waals surface area contributed by atoms with Gasteiger partial charge in [-0.3, -0.25) is 0 Å². The molecular weight excluding hydrogens is 228 g/mol. The third-order valence-corrected chi connectivity index (χ3v) is 2.59. The number of hydrogen-bond acceptors (Lipinski definition) is 8. The Morgan fingerprint density at radius 2 is 2.20 bits per heavy atom. The standard InChI is InChI=1S/C5H8N4O5S/c6-3-4(7)8-9-2(1-10)13-15(11,12)14-5(3)9/h2,10H,1,6H2,(H2,7,8). The Morgan fingerprint density at radius 3 is 2.80 bits per heavy atom. The smallest absolute Gasteiger partial charge is 0.392 e. The number of fused-ring (bicyclic) bond motifs is 1. The molecule has 0 bridgehead atoms. The van der Waals surface area contributed by atoms with Crippen molar-refractivity contribution in [3.63, 3.8) is 0 Å². The van der Waals surface area contributed by atoms with Crippen LogP contribution < -0.4 is 15.7 Å². The number of hydrogen-bond donors (Lipinski definition) is 3. The van der Waals surface area contributed by atoms with Gasteiger partial charge < -0.3 is 20.8 Å². The minimum atomic E-state index is -4.22. The number of rotatable bonds is 1. The first-order valence-electron chi connectivity index (χ1n) is 3.81. The molecule has 2 rings (SSSR count). The van der Waals surface area contributed by atoms with Crippen LogP contribution in [0.4, 0.5) is 11.5 Å². The third kappa shape index (κ3) is 1.48. The third-order valence-electron chi connectivity index (χ3n) is 1.77. The van der Waals surface area contributed by atoms with Crippen LogP contribution in [0.5, 0.6) is 5.88 Å². The topological polar surface area (TPSA) is 143 Å². The van der Waals surface area contributed by atoms with E-state index in [0.717, 1.165) is 4.68 Å². The maximum Gasteiger partial charge on any atom is 0.452 e. The molecule has 0 aromatic carbocycles. The van der Waals surface area contributed by atoms with E-state index >= 15 is 0 Å². The van der Waals surface area contributed by atoms with E-state index in [1.54, 1.807) is 0 Å². The fourth-order valence-corrected chi connectivity index (χ4v) is 1.94. The van der Waals surface area contributed by atoms with Crippen LogP contribution in [0.3, 0.4) is 0 Å². The van der Waals surface area contributed by atoms with Crippen LogP contribution in [0.15, 0.2) is 0 Å². The van der Waals surface area contributed by atoms with Gasteiger partial charge in [0.05, 0.1) is 6.61 Å². The average molecular weight is 236 g/mol. The van der Waals surface area contributed by atoms with Crippen molar-refractivity contribution >= 4 is 21.9 Å². The van der Waals surface area contributed by atoms with E-state index in [2.05, 4.69) is 13.5 Å². The second kappa shape index (κ2) is 2.98. The van der Waals surface area contributed by atoms with Gasteiger partial charge in [0.15, 0.2) is 12.0 Å². The van der Waals surface area contributed by atoms with Crippen LogP contribution in [0.1, 0.15) is 6.23 Å². The Balaban J connectivity index is 2.59. The number of aliphatic hydroxyl groups excluding tert-OH is 1. The molecule has 10 heteroatoms. The minimum Gasteiger partial charge on any atom is -0.392 e. The molecule has 1 aromatic heterocycles. The molecule has 15 heavy (non-hydrogen) atoms. The molecule has 9 nitrogen and oxygen atoms in total. The van der Waals surface area contributed by atoms with Crippen molar-refractivity contribution in [2.24, 2.45) is 0 Å². The zero-order chi connectivity index (χ0) is 11.2. The molecule has 2 heterocycles. The molecule has 0 fully saturated rings. The van der Waals surface area contributed by atoms with Crippen LogP contribution in [-0.4, -0.2) is 29.9 Å². The number of nitrogen functional groups attached to an aromatic ring is 2. The van der Waals surface area contributed by atoms with Crippen LogP contribution in [0.2, 0.25) is 0 Å². The molecule has 0 aliphatic carbocycles. The highest BCUT2D eigenvalue weighted by molar-refractivity contribution is 7.82. The first-order chi connectivity index (χ1) is 6.94. The normalized spacial score (nSPS) is 23.1. The van der Waals surface area contributed by atoms with Gasteiger partial charge >= 0.3 is 10.4 Å². The molecule has 0 radical (unpaired) electrons. The van der Waals surface area contributed by atoms with Gasteiger partial charge in [-0.2, -0.15) is 13.1 Å². The minimum absolute atomic E-state index is 0.0934. The summed E-state index contributed by atoms with van der Waals surface area (Å²) in [6, 6.07) is 0. The molecule has 84 valence electrons. The average Bonchev–Trinajstić information content (AvgIpc) is 2.42. The van der Waals surface area contributed by atoms with Crippen molar-refractivity contribution in [3.05, 3.63) is 0 Å². The first-order valence-corrected chi connectivity index (χ1v) is 5.15. The maximum absolute atomic E-state index is 11.1. The number of nitrogens with zero attached hydrogens (tertiary/aromatic N) is 2. The summed E-state index contributed by atoms with van der Waals surface area (Å²) in [5, 5.41) is 12.5. The Labute approximate surface area is 84.5 Å². The van der Waals surface area contributed by atoms with Gasteiger partial charge in [-0.25, -0.2) is 4.18 Å². The Morgan fingerprint density at radius 1 is 1.53 bits per heavy atom. The summed E-state index contributed by atoms with van der Waals surface area (Å²) >= 11 is 0. The van der Waals surface area contributed by atoms with Crippen LogP contribution in [0.25, 0.3) is 0 Å². The largest absolute Gasteiger partial charge is 0.452 e. The fraction of sp³-hybridized carbons (Fsp3) is 0.400. The number of nitrogens with two attached hydrogens (primary N) is 2. The summed E-state index contributed by atoms with van der Waals surface area (Å²) in [5.41, 5.74) is 10.7. The Bertz CT molecular complexity index is 494. The molecule has 1 aliphatic heterocycles. The molecule has 0 amide bonds. The van der Waals surface area contributed by atoms with Gasteiger partial charge in [0.2, 0.25) is 0 Å². The van der Waals surface area contributed by atoms with Gasteiger partial charge in [0, 0.05) is 0 Å². The summed E-state index contributed by atoms with van der Waals surface area (Å²) in [7, 11) is -4.22. The van der Waals surface area contributed by atoms with E-state index in [0.29, 0.717) is 0 Å². The predicted molar refractivity (Wildman–Crippen MR) is 47.8 cm³/mol. The first kappa shape index (κ1) is 10.0. The highest BCUT2D eigenvalue weighted by atomic mass is 32.3. The summed E-state index contributed by atoms with van der Waals surface area (Å²) in [6.07, 6.45) is -1.21. The quantitative estimate of drug-likeness (QED) is 0.517. The van der Waals surface area contributed by atoms with Crippen LogP contribution >= 0.6 is 0 Å². The van der Waals surface area contributed by atoms with Gasteiger partial charge in [-0.1, -0.05) is 0 Å². The van der Waals surface area contributed by atoms with E-state index in [-0.39, 0.29) is 17.4 Å². The lowest BCUT2D eigenvalue weighted by molar-refractivity contribution is 0.0273. The molecule has 0 spiro atoms. The van der Waals surface area contributed by atoms with Crippen LogP contribution in [-0.2, 0) is 14.6 Å². The zero-order valence-electron chi connectivity index (χ0n) is 7.32. The van der Waals surface area contributed by atoms with Gasteiger partial charge in [0.25, 0.3) is 5.88 Å².